The van der Waals surface area contributed by atoms with Crippen molar-refractivity contribution in [1.29, 1.82) is 0 Å². The van der Waals surface area contributed by atoms with Crippen molar-refractivity contribution < 1.29 is 19.4 Å². The van der Waals surface area contributed by atoms with Crippen LogP contribution in [0.15, 0.2) is 24.3 Å². The van der Waals surface area contributed by atoms with E-state index < -0.39 is 23.7 Å². The van der Waals surface area contributed by atoms with Crippen LogP contribution in [0, 0.1) is 5.41 Å². The number of nitrogens with one attached hydrogen (secondary N) is 2. The number of para-hydroxylation sites is 1. The number of methoxy groups -OCH3 is 1. The van der Waals surface area contributed by atoms with Crippen molar-refractivity contribution in [3.63, 3.8) is 0 Å². The maximum atomic E-state index is 13.3. The lowest BCUT2D eigenvalue weighted by Crippen LogP contribution is -2.51. The van der Waals surface area contributed by atoms with Crippen molar-refractivity contribution in [3.8, 4) is 0 Å². The average molecular weight is 435 g/mol. The number of ether oxygens (including phenoxy) is 1. The van der Waals surface area contributed by atoms with E-state index in [1.807, 2.05) is 52.0 Å². The maximum Gasteiger partial charge on any atom is 0.407 e. The Kier molecular flexibility index (Phi) is 8.85. The van der Waals surface area contributed by atoms with Crippen molar-refractivity contribution in [2.45, 2.75) is 71.2 Å². The van der Waals surface area contributed by atoms with Crippen LogP contribution < -0.4 is 21.3 Å². The average Bonchev–Trinajstić information content (AvgIpc) is 2.70. The summed E-state index contributed by atoms with van der Waals surface area (Å²) in [7, 11) is 1.33. The number of nitrogens with two attached hydrogens (primary N) is 1. The molecule has 2 rings (SSSR count). The fourth-order valence-corrected chi connectivity index (χ4v) is 4.01. The van der Waals surface area contributed by atoms with E-state index in [1.165, 1.54) is 7.11 Å². The Balaban J connectivity index is 2.07. The van der Waals surface area contributed by atoms with E-state index in [1.54, 1.807) is 4.90 Å². The third-order valence-electron chi connectivity index (χ3n) is 5.61. The summed E-state index contributed by atoms with van der Waals surface area (Å²) in [5.41, 5.74) is 7.72. The van der Waals surface area contributed by atoms with Crippen LogP contribution in [0.5, 0.6) is 0 Å². The van der Waals surface area contributed by atoms with Gasteiger partial charge in [-0.2, -0.15) is 0 Å². The molecule has 0 saturated heterocycles. The van der Waals surface area contributed by atoms with Crippen LogP contribution in [-0.2, 0) is 16.0 Å². The summed E-state index contributed by atoms with van der Waals surface area (Å²) >= 11 is 0. The molecule has 0 spiro atoms. The minimum Gasteiger partial charge on any atom is -0.453 e. The molecule has 1 aromatic carbocycles. The van der Waals surface area contributed by atoms with Gasteiger partial charge < -0.3 is 31.1 Å². The normalized spacial score (nSPS) is 18.3. The molecule has 31 heavy (non-hydrogen) atoms. The number of alkyl carbamates (subject to hydrolysis) is 1. The molecule has 8 nitrogen and oxygen atoms in total. The Morgan fingerprint density at radius 1 is 1.32 bits per heavy atom. The van der Waals surface area contributed by atoms with Gasteiger partial charge in [0.05, 0.1) is 19.3 Å². The molecule has 1 aliphatic heterocycles. The summed E-state index contributed by atoms with van der Waals surface area (Å²) in [6.07, 6.45) is 0.245. The number of fused-ring (bicyclic) bond motifs is 1. The molecule has 1 heterocycles. The zero-order valence-electron chi connectivity index (χ0n) is 19.4. The first kappa shape index (κ1) is 25.1. The SMILES string of the molecule is COC(=O)NC1Cc2ccccc2N(C(=O)CC(C)(C)C[C@H](N)[C@@H](O)CNC(C)C)C1. The fourth-order valence-electron chi connectivity index (χ4n) is 4.01. The second kappa shape index (κ2) is 10.9. The third kappa shape index (κ3) is 7.48. The summed E-state index contributed by atoms with van der Waals surface area (Å²) in [6.45, 7) is 8.82. The van der Waals surface area contributed by atoms with Gasteiger partial charge in [0.15, 0.2) is 0 Å². The van der Waals surface area contributed by atoms with Gasteiger partial charge in [-0.1, -0.05) is 45.9 Å². The van der Waals surface area contributed by atoms with Gasteiger partial charge in [-0.05, 0) is 29.9 Å². The number of amides is 2. The number of anilines is 1. The monoisotopic (exact) mass is 434 g/mol. The van der Waals surface area contributed by atoms with Crippen LogP contribution in [0.3, 0.4) is 0 Å². The molecule has 0 radical (unpaired) electrons. The smallest absolute Gasteiger partial charge is 0.407 e. The zero-order valence-corrected chi connectivity index (χ0v) is 19.4. The van der Waals surface area contributed by atoms with Gasteiger partial charge in [0.2, 0.25) is 5.91 Å². The van der Waals surface area contributed by atoms with Crippen LogP contribution in [0.2, 0.25) is 0 Å². The highest BCUT2D eigenvalue weighted by Gasteiger charge is 2.34. The van der Waals surface area contributed by atoms with E-state index in [0.29, 0.717) is 25.9 Å². The van der Waals surface area contributed by atoms with E-state index in [-0.39, 0.29) is 24.4 Å². The molecule has 0 aromatic heterocycles. The van der Waals surface area contributed by atoms with E-state index >= 15 is 0 Å². The topological polar surface area (TPSA) is 117 Å². The number of nitrogens with zero attached hydrogens (tertiary/aromatic N) is 1. The van der Waals surface area contributed by atoms with Crippen molar-refractivity contribution in [3.05, 3.63) is 29.8 Å². The molecule has 1 aliphatic rings. The molecule has 2 amide bonds. The number of hydrogen-bond donors (Lipinski definition) is 4. The molecule has 5 N–H and O–H groups in total. The summed E-state index contributed by atoms with van der Waals surface area (Å²) in [5, 5.41) is 16.4. The van der Waals surface area contributed by atoms with Crippen LogP contribution in [0.1, 0.15) is 46.1 Å². The molecule has 8 heteroatoms. The maximum absolute atomic E-state index is 13.3. The number of rotatable bonds is 9. The minimum atomic E-state index is -0.680. The first-order chi connectivity index (χ1) is 14.5. The van der Waals surface area contributed by atoms with Crippen molar-refractivity contribution >= 4 is 17.7 Å². The standard InChI is InChI=1S/C23H38N4O4/c1-15(2)25-13-20(28)18(24)11-23(3,4)12-21(29)27-14-17(26-22(30)31-5)10-16-8-6-7-9-19(16)27/h6-9,15,17-18,20,25,28H,10-14,24H2,1-5H3,(H,26,30)/t17?,18-,20-/m0/s1. The second-order valence-electron chi connectivity index (χ2n) is 9.51. The Morgan fingerprint density at radius 3 is 2.65 bits per heavy atom. The highest BCUT2D eigenvalue weighted by molar-refractivity contribution is 5.95. The highest BCUT2D eigenvalue weighted by Crippen LogP contribution is 2.32. The van der Waals surface area contributed by atoms with Gasteiger partial charge in [0, 0.05) is 37.3 Å². The number of aliphatic hydroxyl groups excluding tert-OH is 1. The Labute approximate surface area is 185 Å². The van der Waals surface area contributed by atoms with Gasteiger partial charge in [0.25, 0.3) is 0 Å². The quantitative estimate of drug-likeness (QED) is 0.471. The van der Waals surface area contributed by atoms with Gasteiger partial charge in [-0.15, -0.1) is 0 Å². The predicted molar refractivity (Wildman–Crippen MR) is 122 cm³/mol. The van der Waals surface area contributed by atoms with Gasteiger partial charge in [-0.3, -0.25) is 4.79 Å². The molecule has 1 aromatic rings. The van der Waals surface area contributed by atoms with E-state index in [0.717, 1.165) is 11.3 Å². The Hall–Kier alpha value is -2.16. The number of benzene rings is 1. The first-order valence-electron chi connectivity index (χ1n) is 10.9. The second-order valence-corrected chi connectivity index (χ2v) is 9.51. The van der Waals surface area contributed by atoms with Crippen LogP contribution in [0.25, 0.3) is 0 Å². The van der Waals surface area contributed by atoms with Gasteiger partial charge in [0.1, 0.15) is 0 Å². The summed E-state index contributed by atoms with van der Waals surface area (Å²) < 4.78 is 4.72. The lowest BCUT2D eigenvalue weighted by Gasteiger charge is -2.37. The fraction of sp³-hybridized carbons (Fsp3) is 0.652. The van der Waals surface area contributed by atoms with Crippen LogP contribution >= 0.6 is 0 Å². The number of hydrogen-bond acceptors (Lipinski definition) is 6. The molecule has 0 saturated carbocycles. The van der Waals surface area contributed by atoms with Crippen molar-refractivity contribution in [1.82, 2.24) is 10.6 Å². The van der Waals surface area contributed by atoms with E-state index in [4.69, 9.17) is 10.5 Å². The number of carbonyl (C=O) groups excluding carboxylic acids is 2. The molecule has 174 valence electrons. The highest BCUT2D eigenvalue weighted by atomic mass is 16.5. The Bertz CT molecular complexity index is 753. The molecular formula is C23H38N4O4. The number of carbonyl (C=O) groups is 2. The predicted octanol–water partition coefficient (Wildman–Crippen LogP) is 1.79. The minimum absolute atomic E-state index is 0.0317. The van der Waals surface area contributed by atoms with Gasteiger partial charge >= 0.3 is 6.09 Å². The lowest BCUT2D eigenvalue weighted by molar-refractivity contribution is -0.120. The molecule has 0 fully saturated rings. The lowest BCUT2D eigenvalue weighted by atomic mass is 9.80. The Morgan fingerprint density at radius 2 is 2.00 bits per heavy atom. The number of aliphatic hydroxyl groups is 1. The zero-order chi connectivity index (χ0) is 23.2. The largest absolute Gasteiger partial charge is 0.453 e. The summed E-state index contributed by atoms with van der Waals surface area (Å²) in [6, 6.07) is 7.35. The molecule has 0 bridgehead atoms. The van der Waals surface area contributed by atoms with Crippen molar-refractivity contribution in [2.24, 2.45) is 11.1 Å². The van der Waals surface area contributed by atoms with Crippen LogP contribution in [0.4, 0.5) is 10.5 Å². The van der Waals surface area contributed by atoms with Gasteiger partial charge in [-0.25, -0.2) is 4.79 Å². The van der Waals surface area contributed by atoms with Crippen molar-refractivity contribution in [2.75, 3.05) is 25.1 Å². The third-order valence-corrected chi connectivity index (χ3v) is 5.61. The summed E-state index contributed by atoms with van der Waals surface area (Å²) in [4.78, 5) is 26.7. The molecule has 3 atom stereocenters. The van der Waals surface area contributed by atoms with E-state index in [2.05, 4.69) is 10.6 Å². The van der Waals surface area contributed by atoms with Crippen LogP contribution in [-0.4, -0.2) is 61.5 Å². The van der Waals surface area contributed by atoms with E-state index in [9.17, 15) is 14.7 Å². The molecule has 1 unspecified atom stereocenters. The molecule has 0 aliphatic carbocycles. The molecular weight excluding hydrogens is 396 g/mol. The first-order valence-corrected chi connectivity index (χ1v) is 10.9. The summed E-state index contributed by atoms with van der Waals surface area (Å²) in [5.74, 6) is -0.0317.